The van der Waals surface area contributed by atoms with E-state index in [0.29, 0.717) is 6.54 Å². The number of anilines is 1. The van der Waals surface area contributed by atoms with Gasteiger partial charge in [0, 0.05) is 25.7 Å². The van der Waals surface area contributed by atoms with E-state index < -0.39 is 0 Å². The van der Waals surface area contributed by atoms with Gasteiger partial charge in [0.15, 0.2) is 5.82 Å². The third-order valence-electron chi connectivity index (χ3n) is 4.13. The summed E-state index contributed by atoms with van der Waals surface area (Å²) in [6.07, 6.45) is 2.91. The highest BCUT2D eigenvalue weighted by atomic mass is 15.2. The molecule has 4 rings (SSSR count). The van der Waals surface area contributed by atoms with Gasteiger partial charge in [0.05, 0.1) is 5.69 Å². The number of fused-ring (bicyclic) bond motifs is 2. The summed E-state index contributed by atoms with van der Waals surface area (Å²) in [5, 5.41) is 0. The first kappa shape index (κ1) is 12.4. The Morgan fingerprint density at radius 2 is 1.71 bits per heavy atom. The number of benzene rings is 1. The molecule has 106 valence electrons. The van der Waals surface area contributed by atoms with Gasteiger partial charge in [-0.05, 0) is 29.8 Å². The van der Waals surface area contributed by atoms with Crippen LogP contribution in [-0.4, -0.2) is 15.9 Å². The lowest BCUT2D eigenvalue weighted by Crippen LogP contribution is -2.18. The van der Waals surface area contributed by atoms with Crippen molar-refractivity contribution < 1.29 is 0 Å². The predicted octanol–water partition coefficient (Wildman–Crippen LogP) is 2.36. The van der Waals surface area contributed by atoms with Gasteiger partial charge in [-0.1, -0.05) is 30.3 Å². The molecule has 0 atom stereocenters. The minimum Gasteiger partial charge on any atom is -0.346 e. The van der Waals surface area contributed by atoms with Crippen LogP contribution in [0.4, 0.5) is 5.82 Å². The molecule has 2 aromatic heterocycles. The summed E-state index contributed by atoms with van der Waals surface area (Å²) in [6, 6.07) is 14.7. The number of aromatic nitrogens is 2. The summed E-state index contributed by atoms with van der Waals surface area (Å²) in [4.78, 5) is 7.18. The molecule has 4 nitrogen and oxygen atoms in total. The Bertz CT molecular complexity index is 765. The van der Waals surface area contributed by atoms with Crippen molar-refractivity contribution in [1.29, 1.82) is 0 Å². The molecule has 0 bridgehead atoms. The van der Waals surface area contributed by atoms with Gasteiger partial charge in [-0.3, -0.25) is 0 Å². The van der Waals surface area contributed by atoms with E-state index in [-0.39, 0.29) is 0 Å². The van der Waals surface area contributed by atoms with Gasteiger partial charge < -0.3 is 15.0 Å². The summed E-state index contributed by atoms with van der Waals surface area (Å²) >= 11 is 0. The lowest BCUT2D eigenvalue weighted by atomic mass is 10.1. The van der Waals surface area contributed by atoms with Crippen LogP contribution in [0.2, 0.25) is 0 Å². The lowest BCUT2D eigenvalue weighted by molar-refractivity contribution is 0.830. The molecule has 0 fully saturated rings. The second-order valence-electron chi connectivity index (χ2n) is 5.47. The Kier molecular flexibility index (Phi) is 2.89. The van der Waals surface area contributed by atoms with Crippen LogP contribution in [0.25, 0.3) is 5.65 Å². The Labute approximate surface area is 123 Å². The second kappa shape index (κ2) is 4.90. The third-order valence-corrected chi connectivity index (χ3v) is 4.13. The van der Waals surface area contributed by atoms with Crippen molar-refractivity contribution >= 4 is 11.5 Å². The monoisotopic (exact) mass is 278 g/mol. The van der Waals surface area contributed by atoms with Crippen molar-refractivity contribution in [1.82, 2.24) is 9.38 Å². The Morgan fingerprint density at radius 1 is 1.00 bits per heavy atom. The van der Waals surface area contributed by atoms with Gasteiger partial charge in [0.2, 0.25) is 0 Å². The highest BCUT2D eigenvalue weighted by Gasteiger charge is 2.23. The molecule has 0 unspecified atom stereocenters. The maximum atomic E-state index is 5.80. The zero-order valence-electron chi connectivity index (χ0n) is 11.9. The van der Waals surface area contributed by atoms with E-state index in [4.69, 9.17) is 10.7 Å². The number of nitrogens with zero attached hydrogens (tertiary/aromatic N) is 3. The highest BCUT2D eigenvalue weighted by Crippen LogP contribution is 2.30. The van der Waals surface area contributed by atoms with Crippen LogP contribution >= 0.6 is 0 Å². The zero-order valence-corrected chi connectivity index (χ0v) is 11.9. The summed E-state index contributed by atoms with van der Waals surface area (Å²) in [6.45, 7) is 2.49. The number of nitrogens with two attached hydrogens (primary N) is 1. The topological polar surface area (TPSA) is 46.6 Å². The van der Waals surface area contributed by atoms with Crippen LogP contribution < -0.4 is 10.6 Å². The molecule has 1 aliphatic heterocycles. The summed E-state index contributed by atoms with van der Waals surface area (Å²) < 4.78 is 2.16. The van der Waals surface area contributed by atoms with Crippen molar-refractivity contribution in [3.63, 3.8) is 0 Å². The maximum Gasteiger partial charge on any atom is 0.151 e. The predicted molar refractivity (Wildman–Crippen MR) is 84.3 cm³/mol. The van der Waals surface area contributed by atoms with Crippen LogP contribution in [0, 0.1) is 0 Å². The van der Waals surface area contributed by atoms with Crippen LogP contribution in [0.1, 0.15) is 16.8 Å². The molecule has 1 aliphatic rings. The van der Waals surface area contributed by atoms with Gasteiger partial charge in [0.25, 0.3) is 0 Å². The molecule has 0 saturated heterocycles. The smallest absolute Gasteiger partial charge is 0.151 e. The second-order valence-corrected chi connectivity index (χ2v) is 5.47. The van der Waals surface area contributed by atoms with E-state index >= 15 is 0 Å². The number of hydrogen-bond acceptors (Lipinski definition) is 3. The molecule has 1 aromatic carbocycles. The fourth-order valence-corrected chi connectivity index (χ4v) is 3.14. The van der Waals surface area contributed by atoms with E-state index in [2.05, 4.69) is 39.8 Å². The molecule has 0 radical (unpaired) electrons. The van der Waals surface area contributed by atoms with Crippen molar-refractivity contribution in [2.75, 3.05) is 11.4 Å². The van der Waals surface area contributed by atoms with Gasteiger partial charge in [-0.2, -0.15) is 0 Å². The number of hydrogen-bond donors (Lipinski definition) is 1. The van der Waals surface area contributed by atoms with E-state index in [1.54, 1.807) is 0 Å². The number of pyridine rings is 1. The summed E-state index contributed by atoms with van der Waals surface area (Å²) in [7, 11) is 0. The maximum absolute atomic E-state index is 5.80. The highest BCUT2D eigenvalue weighted by molar-refractivity contribution is 5.58. The first-order valence-corrected chi connectivity index (χ1v) is 7.34. The molecule has 4 heteroatoms. The summed E-state index contributed by atoms with van der Waals surface area (Å²) in [5.74, 6) is 1.07. The number of imidazole rings is 1. The molecule has 2 N–H and O–H groups in total. The van der Waals surface area contributed by atoms with Gasteiger partial charge >= 0.3 is 0 Å². The van der Waals surface area contributed by atoms with Gasteiger partial charge in [0.1, 0.15) is 5.65 Å². The van der Waals surface area contributed by atoms with E-state index in [1.165, 1.54) is 16.8 Å². The fourth-order valence-electron chi connectivity index (χ4n) is 3.14. The molecule has 3 aromatic rings. The van der Waals surface area contributed by atoms with E-state index in [1.807, 2.05) is 18.2 Å². The standard InChI is InChI=1S/C17H18N4/c18-9-8-15-17(19-16-7-3-4-10-21(15)16)20-11-13-5-1-2-6-14(13)12-20/h1-7,10H,8-9,11-12,18H2. The average molecular weight is 278 g/mol. The summed E-state index contributed by atoms with van der Waals surface area (Å²) in [5.41, 5.74) is 10.8. The third kappa shape index (κ3) is 1.99. The zero-order chi connectivity index (χ0) is 14.2. The Balaban J connectivity index is 1.79. The van der Waals surface area contributed by atoms with E-state index in [9.17, 15) is 0 Å². The van der Waals surface area contributed by atoms with Crippen molar-refractivity contribution in [2.24, 2.45) is 5.73 Å². The minimum atomic E-state index is 0.635. The van der Waals surface area contributed by atoms with Gasteiger partial charge in [-0.15, -0.1) is 0 Å². The average Bonchev–Trinajstić information content (AvgIpc) is 3.09. The lowest BCUT2D eigenvalue weighted by Gasteiger charge is -2.16. The minimum absolute atomic E-state index is 0.635. The molecule has 21 heavy (non-hydrogen) atoms. The molecule has 0 aliphatic carbocycles. The Hall–Kier alpha value is -2.33. The molecular weight excluding hydrogens is 260 g/mol. The SMILES string of the molecule is NCCc1c(N2Cc3ccccc3C2)nc2ccccn12. The first-order valence-electron chi connectivity index (χ1n) is 7.34. The Morgan fingerprint density at radius 3 is 2.43 bits per heavy atom. The van der Waals surface area contributed by atoms with Crippen molar-refractivity contribution in [2.45, 2.75) is 19.5 Å². The molecule has 0 amide bonds. The van der Waals surface area contributed by atoms with Crippen LogP contribution in [0.15, 0.2) is 48.7 Å². The molecule has 0 saturated carbocycles. The van der Waals surface area contributed by atoms with Crippen LogP contribution in [0.5, 0.6) is 0 Å². The van der Waals surface area contributed by atoms with Crippen molar-refractivity contribution in [3.8, 4) is 0 Å². The quantitative estimate of drug-likeness (QED) is 0.800. The normalized spacial score (nSPS) is 13.9. The van der Waals surface area contributed by atoms with E-state index in [0.717, 1.165) is 31.0 Å². The molecular formula is C17H18N4. The van der Waals surface area contributed by atoms with Gasteiger partial charge in [-0.25, -0.2) is 4.98 Å². The first-order chi connectivity index (χ1) is 10.4. The molecule has 0 spiro atoms. The fraction of sp³-hybridized carbons (Fsp3) is 0.235. The van der Waals surface area contributed by atoms with Crippen molar-refractivity contribution in [3.05, 3.63) is 65.5 Å². The van der Waals surface area contributed by atoms with Crippen LogP contribution in [0.3, 0.4) is 0 Å². The molecule has 3 heterocycles. The largest absolute Gasteiger partial charge is 0.346 e. The number of rotatable bonds is 3. The van der Waals surface area contributed by atoms with Crippen LogP contribution in [-0.2, 0) is 19.5 Å².